The number of nitrogens with zero attached hydrogens (tertiary/aromatic N) is 1. The molecular weight excluding hydrogens is 321 g/mol. The van der Waals surface area contributed by atoms with Crippen molar-refractivity contribution in [3.8, 4) is 0 Å². The van der Waals surface area contributed by atoms with E-state index >= 15 is 0 Å². The SMILES string of the molecule is CC(C)(C(Cc1ccc(Br)cc1F)NN)N1CCCC1. The van der Waals surface area contributed by atoms with Gasteiger partial charge in [0.15, 0.2) is 0 Å². The van der Waals surface area contributed by atoms with Crippen molar-refractivity contribution in [3.05, 3.63) is 34.1 Å². The van der Waals surface area contributed by atoms with Crippen molar-refractivity contribution in [1.29, 1.82) is 0 Å². The Hall–Kier alpha value is -0.490. The first kappa shape index (κ1) is 15.9. The summed E-state index contributed by atoms with van der Waals surface area (Å²) < 4.78 is 14.8. The van der Waals surface area contributed by atoms with Crippen LogP contribution in [0.4, 0.5) is 4.39 Å². The highest BCUT2D eigenvalue weighted by molar-refractivity contribution is 9.10. The van der Waals surface area contributed by atoms with Gasteiger partial charge in [0.2, 0.25) is 0 Å². The molecule has 1 aromatic carbocycles. The Morgan fingerprint density at radius 1 is 1.40 bits per heavy atom. The second kappa shape index (κ2) is 6.52. The van der Waals surface area contributed by atoms with Gasteiger partial charge in [0.1, 0.15) is 5.82 Å². The number of nitrogens with two attached hydrogens (primary N) is 1. The number of nitrogens with one attached hydrogen (secondary N) is 1. The third kappa shape index (κ3) is 3.39. The lowest BCUT2D eigenvalue weighted by Gasteiger charge is -2.42. The molecule has 0 bridgehead atoms. The summed E-state index contributed by atoms with van der Waals surface area (Å²) in [6, 6.07) is 5.21. The van der Waals surface area contributed by atoms with E-state index in [4.69, 9.17) is 5.84 Å². The second-order valence-electron chi connectivity index (χ2n) is 6.01. The van der Waals surface area contributed by atoms with Crippen LogP contribution in [0.25, 0.3) is 0 Å². The highest BCUT2D eigenvalue weighted by Crippen LogP contribution is 2.27. The van der Waals surface area contributed by atoms with Gasteiger partial charge in [-0.3, -0.25) is 16.2 Å². The number of likely N-dealkylation sites (tertiary alicyclic amines) is 1. The zero-order valence-electron chi connectivity index (χ0n) is 12.1. The summed E-state index contributed by atoms with van der Waals surface area (Å²) in [4.78, 5) is 2.44. The molecule has 112 valence electrons. The van der Waals surface area contributed by atoms with Crippen LogP contribution < -0.4 is 11.3 Å². The number of hydrogen-bond acceptors (Lipinski definition) is 3. The first-order chi connectivity index (χ1) is 9.45. The first-order valence-corrected chi connectivity index (χ1v) is 7.89. The second-order valence-corrected chi connectivity index (χ2v) is 6.92. The van der Waals surface area contributed by atoms with Gasteiger partial charge in [0.25, 0.3) is 0 Å². The van der Waals surface area contributed by atoms with E-state index in [1.807, 2.05) is 12.1 Å². The van der Waals surface area contributed by atoms with Gasteiger partial charge in [0.05, 0.1) is 0 Å². The lowest BCUT2D eigenvalue weighted by atomic mass is 9.88. The van der Waals surface area contributed by atoms with Crippen LogP contribution in [0.15, 0.2) is 22.7 Å². The van der Waals surface area contributed by atoms with Crippen molar-refractivity contribution < 1.29 is 4.39 Å². The van der Waals surface area contributed by atoms with Crippen LogP contribution in [-0.2, 0) is 6.42 Å². The molecule has 1 aromatic rings. The van der Waals surface area contributed by atoms with Crippen molar-refractivity contribution in [2.24, 2.45) is 5.84 Å². The minimum atomic E-state index is -0.183. The molecule has 5 heteroatoms. The predicted molar refractivity (Wildman–Crippen MR) is 83.8 cm³/mol. The van der Waals surface area contributed by atoms with Gasteiger partial charge in [-0.2, -0.15) is 0 Å². The highest BCUT2D eigenvalue weighted by atomic mass is 79.9. The van der Waals surface area contributed by atoms with Crippen molar-refractivity contribution in [1.82, 2.24) is 10.3 Å². The predicted octanol–water partition coefficient (Wildman–Crippen LogP) is 2.84. The molecule has 0 saturated carbocycles. The third-order valence-electron chi connectivity index (χ3n) is 4.41. The summed E-state index contributed by atoms with van der Waals surface area (Å²) in [6.07, 6.45) is 3.04. The minimum absolute atomic E-state index is 0.0104. The maximum absolute atomic E-state index is 14.0. The average Bonchev–Trinajstić information content (AvgIpc) is 2.92. The largest absolute Gasteiger partial charge is 0.297 e. The quantitative estimate of drug-likeness (QED) is 0.638. The Labute approximate surface area is 128 Å². The molecule has 0 spiro atoms. The van der Waals surface area contributed by atoms with Crippen LogP contribution in [0.2, 0.25) is 0 Å². The molecule has 3 N–H and O–H groups in total. The Kier molecular flexibility index (Phi) is 5.18. The lowest BCUT2D eigenvalue weighted by molar-refractivity contribution is 0.106. The van der Waals surface area contributed by atoms with E-state index in [-0.39, 0.29) is 17.4 Å². The normalized spacial score (nSPS) is 18.4. The van der Waals surface area contributed by atoms with E-state index in [0.29, 0.717) is 12.0 Å². The number of benzene rings is 1. The molecule has 2 rings (SSSR count). The Bertz CT molecular complexity index is 458. The van der Waals surface area contributed by atoms with Crippen LogP contribution in [0.3, 0.4) is 0 Å². The summed E-state index contributed by atoms with van der Waals surface area (Å²) >= 11 is 3.28. The molecule has 0 aliphatic carbocycles. The van der Waals surface area contributed by atoms with Crippen molar-refractivity contribution >= 4 is 15.9 Å². The van der Waals surface area contributed by atoms with Gasteiger partial charge in [-0.25, -0.2) is 4.39 Å². The fourth-order valence-corrected chi connectivity index (χ4v) is 3.27. The van der Waals surface area contributed by atoms with Crippen LogP contribution in [-0.4, -0.2) is 29.6 Å². The maximum atomic E-state index is 14.0. The zero-order chi connectivity index (χ0) is 14.8. The summed E-state index contributed by atoms with van der Waals surface area (Å²) in [5.74, 6) is 5.56. The van der Waals surface area contributed by atoms with Gasteiger partial charge < -0.3 is 0 Å². The van der Waals surface area contributed by atoms with Crippen LogP contribution >= 0.6 is 15.9 Å². The number of halogens is 2. The highest BCUT2D eigenvalue weighted by Gasteiger charge is 2.36. The lowest BCUT2D eigenvalue weighted by Crippen LogP contribution is -2.59. The van der Waals surface area contributed by atoms with Crippen LogP contribution in [0.1, 0.15) is 32.3 Å². The Morgan fingerprint density at radius 2 is 2.05 bits per heavy atom. The molecule has 1 heterocycles. The Morgan fingerprint density at radius 3 is 2.60 bits per heavy atom. The van der Waals surface area contributed by atoms with Crippen molar-refractivity contribution in [2.75, 3.05) is 13.1 Å². The number of rotatable bonds is 5. The van der Waals surface area contributed by atoms with Gasteiger partial charge >= 0.3 is 0 Å². The zero-order valence-corrected chi connectivity index (χ0v) is 13.7. The van der Waals surface area contributed by atoms with E-state index in [1.165, 1.54) is 18.9 Å². The Balaban J connectivity index is 2.15. The fourth-order valence-electron chi connectivity index (χ4n) is 2.93. The van der Waals surface area contributed by atoms with E-state index in [9.17, 15) is 4.39 Å². The molecule has 1 aliphatic heterocycles. The molecule has 1 aliphatic rings. The van der Waals surface area contributed by atoms with E-state index < -0.39 is 0 Å². The van der Waals surface area contributed by atoms with Gasteiger partial charge in [0, 0.05) is 16.1 Å². The fraction of sp³-hybridized carbons (Fsp3) is 0.600. The molecule has 1 fully saturated rings. The smallest absolute Gasteiger partial charge is 0.127 e. The molecule has 1 saturated heterocycles. The summed E-state index contributed by atoms with van der Waals surface area (Å²) in [6.45, 7) is 6.54. The number of hydrazine groups is 1. The van der Waals surface area contributed by atoms with E-state index in [1.54, 1.807) is 0 Å². The molecular formula is C15H23BrFN3. The molecule has 3 nitrogen and oxygen atoms in total. The average molecular weight is 344 g/mol. The summed E-state index contributed by atoms with van der Waals surface area (Å²) in [7, 11) is 0. The third-order valence-corrected chi connectivity index (χ3v) is 4.91. The first-order valence-electron chi connectivity index (χ1n) is 7.10. The summed E-state index contributed by atoms with van der Waals surface area (Å²) in [5, 5.41) is 0. The van der Waals surface area contributed by atoms with Gasteiger partial charge in [-0.05, 0) is 63.9 Å². The van der Waals surface area contributed by atoms with Crippen LogP contribution in [0.5, 0.6) is 0 Å². The molecule has 0 radical (unpaired) electrons. The van der Waals surface area contributed by atoms with Crippen LogP contribution in [0, 0.1) is 5.82 Å². The molecule has 1 unspecified atom stereocenters. The van der Waals surface area contributed by atoms with Crippen molar-refractivity contribution in [3.63, 3.8) is 0 Å². The van der Waals surface area contributed by atoms with Gasteiger partial charge in [-0.1, -0.05) is 22.0 Å². The van der Waals surface area contributed by atoms with E-state index in [0.717, 1.165) is 17.6 Å². The van der Waals surface area contributed by atoms with E-state index in [2.05, 4.69) is 40.1 Å². The molecule has 0 amide bonds. The molecule has 0 aromatic heterocycles. The molecule has 20 heavy (non-hydrogen) atoms. The topological polar surface area (TPSA) is 41.3 Å². The van der Waals surface area contributed by atoms with Crippen molar-refractivity contribution in [2.45, 2.75) is 44.7 Å². The minimum Gasteiger partial charge on any atom is -0.297 e. The number of hydrogen-bond donors (Lipinski definition) is 2. The standard InChI is InChI=1S/C15H23BrFN3/c1-15(2,20-7-3-4-8-20)14(19-18)9-11-5-6-12(16)10-13(11)17/h5-6,10,14,19H,3-4,7-9,18H2,1-2H3. The molecule has 1 atom stereocenters. The van der Waals surface area contributed by atoms with Gasteiger partial charge in [-0.15, -0.1) is 0 Å². The maximum Gasteiger partial charge on any atom is 0.127 e. The summed E-state index contributed by atoms with van der Waals surface area (Å²) in [5.41, 5.74) is 3.49. The monoisotopic (exact) mass is 343 g/mol.